The molecule has 21 heavy (non-hydrogen) atoms. The van der Waals surface area contributed by atoms with E-state index in [4.69, 9.17) is 9.47 Å². The molecule has 0 saturated heterocycles. The molecular formula is C16H23NO4. The van der Waals surface area contributed by atoms with Gasteiger partial charge in [0.2, 0.25) is 6.10 Å². The van der Waals surface area contributed by atoms with Crippen LogP contribution >= 0.6 is 0 Å². The molecule has 0 aliphatic carbocycles. The van der Waals surface area contributed by atoms with Crippen LogP contribution < -0.4 is 0 Å². The van der Waals surface area contributed by atoms with Gasteiger partial charge in [0, 0.05) is 18.0 Å². The Bertz CT molecular complexity index is 497. The van der Waals surface area contributed by atoms with E-state index in [-0.39, 0.29) is 0 Å². The van der Waals surface area contributed by atoms with Crippen molar-refractivity contribution >= 4 is 11.9 Å². The Balaban J connectivity index is 3.02. The van der Waals surface area contributed by atoms with Crippen LogP contribution in [0.4, 0.5) is 0 Å². The van der Waals surface area contributed by atoms with Crippen LogP contribution in [0.25, 0.3) is 0 Å². The van der Waals surface area contributed by atoms with Gasteiger partial charge in [-0.1, -0.05) is 0 Å². The number of carbonyl (C=O) groups excluding carboxylic acids is 2. The van der Waals surface area contributed by atoms with Gasteiger partial charge in [-0.15, -0.1) is 0 Å². The number of rotatable bonds is 3. The summed E-state index contributed by atoms with van der Waals surface area (Å²) in [6, 6.07) is 3.26. The molecule has 1 rings (SSSR count). The van der Waals surface area contributed by atoms with Gasteiger partial charge in [-0.05, 0) is 53.7 Å². The molecule has 1 aromatic rings. The standard InChI is InChI=1S/C16H23NO4/c1-15(2,3)14(19)20-12(11-7-9-17-10-8-11)13(18)21-16(4,5)6/h7-10,12H,1-6H3. The number of ether oxygens (including phenoxy) is 2. The Morgan fingerprint density at radius 3 is 2.00 bits per heavy atom. The van der Waals surface area contributed by atoms with E-state index in [1.165, 1.54) is 12.4 Å². The summed E-state index contributed by atoms with van der Waals surface area (Å²) in [5.41, 5.74) is -0.819. The van der Waals surface area contributed by atoms with Crippen molar-refractivity contribution in [2.75, 3.05) is 0 Å². The van der Waals surface area contributed by atoms with Gasteiger partial charge in [-0.2, -0.15) is 0 Å². The topological polar surface area (TPSA) is 65.5 Å². The number of esters is 2. The highest BCUT2D eigenvalue weighted by atomic mass is 16.6. The van der Waals surface area contributed by atoms with E-state index in [0.717, 1.165) is 0 Å². The number of nitrogens with zero attached hydrogens (tertiary/aromatic N) is 1. The van der Waals surface area contributed by atoms with Gasteiger partial charge in [0.15, 0.2) is 0 Å². The van der Waals surface area contributed by atoms with E-state index in [2.05, 4.69) is 4.98 Å². The molecule has 0 aliphatic rings. The molecule has 0 amide bonds. The number of hydrogen-bond acceptors (Lipinski definition) is 5. The molecule has 116 valence electrons. The highest BCUT2D eigenvalue weighted by Crippen LogP contribution is 2.26. The first kappa shape index (κ1) is 17.1. The average molecular weight is 293 g/mol. The maximum Gasteiger partial charge on any atom is 0.352 e. The summed E-state index contributed by atoms with van der Waals surface area (Å²) in [6.45, 7) is 10.5. The fourth-order valence-electron chi connectivity index (χ4n) is 1.43. The largest absolute Gasteiger partial charge is 0.457 e. The van der Waals surface area contributed by atoms with Crippen molar-refractivity contribution < 1.29 is 19.1 Å². The minimum Gasteiger partial charge on any atom is -0.457 e. The second-order valence-corrected chi connectivity index (χ2v) is 6.85. The zero-order chi connectivity index (χ0) is 16.3. The van der Waals surface area contributed by atoms with Crippen LogP contribution in [0.5, 0.6) is 0 Å². The first-order chi connectivity index (χ1) is 9.50. The minimum atomic E-state index is -1.08. The van der Waals surface area contributed by atoms with Crippen molar-refractivity contribution in [2.45, 2.75) is 53.2 Å². The molecule has 1 heterocycles. The van der Waals surface area contributed by atoms with Gasteiger partial charge in [0.25, 0.3) is 0 Å². The van der Waals surface area contributed by atoms with Crippen molar-refractivity contribution in [3.05, 3.63) is 30.1 Å². The highest BCUT2D eigenvalue weighted by Gasteiger charge is 2.33. The van der Waals surface area contributed by atoms with Crippen molar-refractivity contribution in [2.24, 2.45) is 5.41 Å². The molecule has 1 aromatic heterocycles. The molecule has 1 atom stereocenters. The third-order valence-electron chi connectivity index (χ3n) is 2.47. The SMILES string of the molecule is CC(C)(C)OC(=O)C(OC(=O)C(C)(C)C)c1ccncc1. The molecule has 0 bridgehead atoms. The summed E-state index contributed by atoms with van der Waals surface area (Å²) < 4.78 is 10.7. The lowest BCUT2D eigenvalue weighted by atomic mass is 9.97. The maximum atomic E-state index is 12.3. The Morgan fingerprint density at radius 2 is 1.57 bits per heavy atom. The van der Waals surface area contributed by atoms with Crippen molar-refractivity contribution in [1.29, 1.82) is 0 Å². The Labute approximate surface area is 125 Å². The summed E-state index contributed by atoms with van der Waals surface area (Å²) >= 11 is 0. The second kappa shape index (κ2) is 6.24. The van der Waals surface area contributed by atoms with Gasteiger partial charge < -0.3 is 9.47 Å². The Hall–Kier alpha value is -1.91. The van der Waals surface area contributed by atoms with E-state index < -0.39 is 29.1 Å². The summed E-state index contributed by atoms with van der Waals surface area (Å²) in [5, 5.41) is 0. The van der Waals surface area contributed by atoms with Gasteiger partial charge in [0.1, 0.15) is 5.60 Å². The number of aromatic nitrogens is 1. The molecule has 0 saturated carbocycles. The average Bonchev–Trinajstić information content (AvgIpc) is 2.33. The van der Waals surface area contributed by atoms with Crippen LogP contribution in [0.15, 0.2) is 24.5 Å². The summed E-state index contributed by atoms with van der Waals surface area (Å²) in [4.78, 5) is 28.3. The normalized spacial score (nSPS) is 13.4. The molecule has 0 spiro atoms. The van der Waals surface area contributed by atoms with E-state index in [1.54, 1.807) is 53.7 Å². The van der Waals surface area contributed by atoms with Crippen LogP contribution in [-0.4, -0.2) is 22.5 Å². The quantitative estimate of drug-likeness (QED) is 0.801. The number of hydrogen-bond donors (Lipinski definition) is 0. The predicted octanol–water partition coefficient (Wildman–Crippen LogP) is 3.05. The zero-order valence-corrected chi connectivity index (χ0v) is 13.5. The molecule has 1 unspecified atom stereocenters. The van der Waals surface area contributed by atoms with Gasteiger partial charge in [-0.25, -0.2) is 4.79 Å². The second-order valence-electron chi connectivity index (χ2n) is 6.85. The van der Waals surface area contributed by atoms with E-state index in [1.807, 2.05) is 0 Å². The number of pyridine rings is 1. The van der Waals surface area contributed by atoms with Crippen molar-refractivity contribution in [3.8, 4) is 0 Å². The van der Waals surface area contributed by atoms with Crippen LogP contribution in [0.1, 0.15) is 53.2 Å². The molecule has 0 N–H and O–H groups in total. The maximum absolute atomic E-state index is 12.3. The minimum absolute atomic E-state index is 0.463. The fourth-order valence-corrected chi connectivity index (χ4v) is 1.43. The van der Waals surface area contributed by atoms with E-state index in [0.29, 0.717) is 5.56 Å². The summed E-state index contributed by atoms with van der Waals surface area (Å²) in [6.07, 6.45) is 1.99. The Morgan fingerprint density at radius 1 is 1.05 bits per heavy atom. The van der Waals surface area contributed by atoms with E-state index in [9.17, 15) is 9.59 Å². The summed E-state index contributed by atoms with van der Waals surface area (Å²) in [7, 11) is 0. The van der Waals surface area contributed by atoms with Gasteiger partial charge in [0.05, 0.1) is 5.41 Å². The molecular weight excluding hydrogens is 270 g/mol. The van der Waals surface area contributed by atoms with Crippen LogP contribution in [0.2, 0.25) is 0 Å². The molecule has 5 nitrogen and oxygen atoms in total. The van der Waals surface area contributed by atoms with Crippen LogP contribution in [-0.2, 0) is 19.1 Å². The van der Waals surface area contributed by atoms with Gasteiger partial charge >= 0.3 is 11.9 Å². The lowest BCUT2D eigenvalue weighted by Gasteiger charge is -2.26. The summed E-state index contributed by atoms with van der Waals surface area (Å²) in [5.74, 6) is -1.05. The lowest BCUT2D eigenvalue weighted by Crippen LogP contribution is -2.33. The van der Waals surface area contributed by atoms with Crippen LogP contribution in [0, 0.1) is 5.41 Å². The van der Waals surface area contributed by atoms with Crippen LogP contribution in [0.3, 0.4) is 0 Å². The van der Waals surface area contributed by atoms with E-state index >= 15 is 0 Å². The van der Waals surface area contributed by atoms with Gasteiger partial charge in [-0.3, -0.25) is 9.78 Å². The fraction of sp³-hybridized carbons (Fsp3) is 0.562. The molecule has 0 aliphatic heterocycles. The molecule has 0 radical (unpaired) electrons. The number of carbonyl (C=O) groups is 2. The third kappa shape index (κ3) is 5.53. The smallest absolute Gasteiger partial charge is 0.352 e. The first-order valence-electron chi connectivity index (χ1n) is 6.84. The monoisotopic (exact) mass is 293 g/mol. The van der Waals surface area contributed by atoms with Crippen molar-refractivity contribution in [1.82, 2.24) is 4.98 Å². The zero-order valence-electron chi connectivity index (χ0n) is 13.5. The molecule has 0 fully saturated rings. The third-order valence-corrected chi connectivity index (χ3v) is 2.47. The first-order valence-corrected chi connectivity index (χ1v) is 6.84. The molecule has 0 aromatic carbocycles. The predicted molar refractivity (Wildman–Crippen MR) is 78.4 cm³/mol. The highest BCUT2D eigenvalue weighted by molar-refractivity contribution is 5.82. The van der Waals surface area contributed by atoms with Crippen molar-refractivity contribution in [3.63, 3.8) is 0 Å². The Kier molecular flexibility index (Phi) is 5.10. The molecule has 5 heteroatoms. The lowest BCUT2D eigenvalue weighted by molar-refractivity contribution is -0.180.